The van der Waals surface area contributed by atoms with Crippen molar-refractivity contribution in [2.45, 2.75) is 31.0 Å². The van der Waals surface area contributed by atoms with Gasteiger partial charge in [-0.1, -0.05) is 0 Å². The number of nitrogens with zero attached hydrogens (tertiary/aromatic N) is 4. The van der Waals surface area contributed by atoms with Gasteiger partial charge in [0.25, 0.3) is 11.7 Å². The molecule has 0 saturated heterocycles. The number of hydrogen-bond acceptors (Lipinski definition) is 6. The Labute approximate surface area is 153 Å². The number of sulfone groups is 1. The maximum atomic E-state index is 12.5. The van der Waals surface area contributed by atoms with Crippen molar-refractivity contribution in [3.63, 3.8) is 0 Å². The number of carbonyl (C=O) groups excluding carboxylic acids is 1. The Morgan fingerprint density at radius 3 is 2.48 bits per heavy atom. The summed E-state index contributed by atoms with van der Waals surface area (Å²) < 4.78 is 49.6. The molecule has 0 aliphatic rings. The number of alkyl halides is 2. The molecule has 0 bridgehead atoms. The molecule has 0 radical (unpaired) electrons. The number of aryl methyl sites for hydroxylation is 2. The summed E-state index contributed by atoms with van der Waals surface area (Å²) in [4.78, 5) is 15.9. The molecule has 0 spiro atoms. The van der Waals surface area contributed by atoms with E-state index in [0.29, 0.717) is 11.6 Å². The number of benzene rings is 1. The smallest absolute Gasteiger partial charge is 0.341 e. The number of nitrogens with one attached hydrogen (secondary N) is 1. The van der Waals surface area contributed by atoms with E-state index in [2.05, 4.69) is 20.5 Å². The number of carbonyl (C=O) groups is 1. The molecule has 1 aromatic carbocycles. The van der Waals surface area contributed by atoms with Crippen molar-refractivity contribution in [1.29, 1.82) is 0 Å². The van der Waals surface area contributed by atoms with Crippen LogP contribution in [0.15, 0.2) is 35.2 Å². The predicted molar refractivity (Wildman–Crippen MR) is 91.1 cm³/mol. The Morgan fingerprint density at radius 1 is 1.19 bits per heavy atom. The standard InChI is InChI=1S/C16H15F2N5O3S/c1-9-7-10(2)23-13(21-22-16(23)20-9)8-19-14(24)11-3-5-12(6-4-11)27(25,26)15(17)18/h3-7,15H,8H2,1-2H3,(H,19,24). The van der Waals surface area contributed by atoms with Gasteiger partial charge in [0, 0.05) is 17.0 Å². The number of amides is 1. The zero-order chi connectivity index (χ0) is 19.8. The summed E-state index contributed by atoms with van der Waals surface area (Å²) in [5, 5.41) is 10.6. The highest BCUT2D eigenvalue weighted by Gasteiger charge is 2.26. The monoisotopic (exact) mass is 395 g/mol. The van der Waals surface area contributed by atoms with Gasteiger partial charge in [-0.3, -0.25) is 9.20 Å². The fourth-order valence-electron chi connectivity index (χ4n) is 2.57. The Bertz CT molecular complexity index is 1110. The molecule has 0 atom stereocenters. The number of hydrogen-bond donors (Lipinski definition) is 1. The van der Waals surface area contributed by atoms with Crippen molar-refractivity contribution >= 4 is 21.5 Å². The zero-order valence-electron chi connectivity index (χ0n) is 14.3. The minimum Gasteiger partial charge on any atom is -0.345 e. The lowest BCUT2D eigenvalue weighted by atomic mass is 10.2. The van der Waals surface area contributed by atoms with Gasteiger partial charge in [-0.25, -0.2) is 13.4 Å². The lowest BCUT2D eigenvalue weighted by Gasteiger charge is -2.07. The number of halogens is 2. The van der Waals surface area contributed by atoms with Gasteiger partial charge in [-0.05, 0) is 44.2 Å². The molecule has 142 valence electrons. The molecule has 3 rings (SSSR count). The first-order valence-electron chi connectivity index (χ1n) is 7.78. The van der Waals surface area contributed by atoms with Gasteiger partial charge in [0.1, 0.15) is 0 Å². The van der Waals surface area contributed by atoms with Gasteiger partial charge in [-0.2, -0.15) is 8.78 Å². The van der Waals surface area contributed by atoms with E-state index in [1.807, 2.05) is 19.9 Å². The van der Waals surface area contributed by atoms with Crippen LogP contribution in [0.2, 0.25) is 0 Å². The normalized spacial score (nSPS) is 11.9. The third kappa shape index (κ3) is 3.63. The maximum absolute atomic E-state index is 12.5. The van der Waals surface area contributed by atoms with Gasteiger partial charge >= 0.3 is 5.76 Å². The van der Waals surface area contributed by atoms with E-state index in [4.69, 9.17) is 0 Å². The molecule has 1 amide bonds. The quantitative estimate of drug-likeness (QED) is 0.704. The van der Waals surface area contributed by atoms with E-state index in [1.54, 1.807) is 4.40 Å². The number of rotatable bonds is 5. The summed E-state index contributed by atoms with van der Waals surface area (Å²) in [5.74, 6) is -3.14. The molecule has 27 heavy (non-hydrogen) atoms. The molecule has 2 heterocycles. The molecule has 0 saturated carbocycles. The van der Waals surface area contributed by atoms with Crippen molar-refractivity contribution < 1.29 is 22.0 Å². The molecule has 0 aliphatic heterocycles. The van der Waals surface area contributed by atoms with Crippen molar-refractivity contribution in [3.05, 3.63) is 53.1 Å². The van der Waals surface area contributed by atoms with Gasteiger partial charge < -0.3 is 5.32 Å². The van der Waals surface area contributed by atoms with E-state index >= 15 is 0 Å². The SMILES string of the molecule is Cc1cc(C)n2c(CNC(=O)c3ccc(S(=O)(=O)C(F)F)cc3)nnc2n1. The first-order chi connectivity index (χ1) is 12.7. The van der Waals surface area contributed by atoms with Crippen molar-refractivity contribution in [2.75, 3.05) is 0 Å². The summed E-state index contributed by atoms with van der Waals surface area (Å²) in [7, 11) is -4.69. The number of fused-ring (bicyclic) bond motifs is 1. The molecular weight excluding hydrogens is 380 g/mol. The maximum Gasteiger partial charge on any atom is 0.341 e. The van der Waals surface area contributed by atoms with E-state index in [-0.39, 0.29) is 12.1 Å². The fraction of sp³-hybridized carbons (Fsp3) is 0.250. The van der Waals surface area contributed by atoms with Gasteiger partial charge in [0.05, 0.1) is 11.4 Å². The zero-order valence-corrected chi connectivity index (χ0v) is 15.2. The van der Waals surface area contributed by atoms with Crippen LogP contribution in [0.5, 0.6) is 0 Å². The third-order valence-corrected chi connectivity index (χ3v) is 5.24. The predicted octanol–water partition coefficient (Wildman–Crippen LogP) is 1.67. The second-order valence-electron chi connectivity index (χ2n) is 5.80. The van der Waals surface area contributed by atoms with E-state index in [1.165, 1.54) is 12.1 Å². The van der Waals surface area contributed by atoms with E-state index in [9.17, 15) is 22.0 Å². The number of aromatic nitrogens is 4. The summed E-state index contributed by atoms with van der Waals surface area (Å²) in [6, 6.07) is 6.13. The van der Waals surface area contributed by atoms with Crippen LogP contribution in [0.1, 0.15) is 27.6 Å². The minimum absolute atomic E-state index is 0.0582. The second kappa shape index (κ2) is 6.99. The molecule has 1 N–H and O–H groups in total. The lowest BCUT2D eigenvalue weighted by Crippen LogP contribution is -2.24. The highest BCUT2D eigenvalue weighted by atomic mass is 32.2. The van der Waals surface area contributed by atoms with Crippen LogP contribution in [0, 0.1) is 13.8 Å². The molecule has 0 fully saturated rings. The summed E-state index contributed by atoms with van der Waals surface area (Å²) in [6.45, 7) is 3.75. The molecule has 2 aromatic heterocycles. The van der Waals surface area contributed by atoms with Crippen LogP contribution < -0.4 is 5.32 Å². The van der Waals surface area contributed by atoms with Crippen LogP contribution in [0.4, 0.5) is 8.78 Å². The molecule has 3 aromatic rings. The second-order valence-corrected chi connectivity index (χ2v) is 7.72. The van der Waals surface area contributed by atoms with Crippen molar-refractivity contribution in [3.8, 4) is 0 Å². The molecule has 0 unspecified atom stereocenters. The van der Waals surface area contributed by atoms with E-state index in [0.717, 1.165) is 23.5 Å². The van der Waals surface area contributed by atoms with E-state index < -0.39 is 26.4 Å². The summed E-state index contributed by atoms with van der Waals surface area (Å²) >= 11 is 0. The van der Waals surface area contributed by atoms with Crippen molar-refractivity contribution in [1.82, 2.24) is 24.9 Å². The highest BCUT2D eigenvalue weighted by Crippen LogP contribution is 2.18. The first-order valence-corrected chi connectivity index (χ1v) is 9.33. The Hall–Kier alpha value is -2.95. The van der Waals surface area contributed by atoms with Crippen LogP contribution >= 0.6 is 0 Å². The largest absolute Gasteiger partial charge is 0.345 e. The Kier molecular flexibility index (Phi) is 4.87. The van der Waals surface area contributed by atoms with Crippen LogP contribution in [0.25, 0.3) is 5.78 Å². The fourth-order valence-corrected chi connectivity index (χ4v) is 3.29. The third-order valence-electron chi connectivity index (χ3n) is 3.85. The first kappa shape index (κ1) is 18.8. The average Bonchev–Trinajstić information content (AvgIpc) is 3.02. The van der Waals surface area contributed by atoms with Gasteiger partial charge in [0.2, 0.25) is 9.84 Å². The van der Waals surface area contributed by atoms with Gasteiger partial charge in [0.15, 0.2) is 5.82 Å². The van der Waals surface area contributed by atoms with Crippen LogP contribution in [0.3, 0.4) is 0 Å². The molecule has 0 aliphatic carbocycles. The molecular formula is C16H15F2N5O3S. The molecule has 8 nitrogen and oxygen atoms in total. The van der Waals surface area contributed by atoms with Crippen LogP contribution in [-0.4, -0.2) is 39.7 Å². The summed E-state index contributed by atoms with van der Waals surface area (Å²) in [6.07, 6.45) is 0. The van der Waals surface area contributed by atoms with Gasteiger partial charge in [-0.15, -0.1) is 10.2 Å². The average molecular weight is 395 g/mol. The Morgan fingerprint density at radius 2 is 1.85 bits per heavy atom. The highest BCUT2D eigenvalue weighted by molar-refractivity contribution is 7.91. The topological polar surface area (TPSA) is 106 Å². The lowest BCUT2D eigenvalue weighted by molar-refractivity contribution is 0.0949. The molecule has 11 heteroatoms. The van der Waals surface area contributed by atoms with Crippen molar-refractivity contribution in [2.24, 2.45) is 0 Å². The minimum atomic E-state index is -4.69. The summed E-state index contributed by atoms with van der Waals surface area (Å²) in [5.41, 5.74) is 1.78. The van der Waals surface area contributed by atoms with Crippen LogP contribution in [-0.2, 0) is 16.4 Å². The Balaban J connectivity index is 1.75.